The zero-order chi connectivity index (χ0) is 13.2. The first-order chi connectivity index (χ1) is 9.22. The highest BCUT2D eigenvalue weighted by Crippen LogP contribution is 2.31. The fourth-order valence-electron chi connectivity index (χ4n) is 2.13. The number of aromatic nitrogens is 1. The van der Waals surface area contributed by atoms with Crippen LogP contribution in [0.5, 0.6) is 0 Å². The monoisotopic (exact) mass is 312 g/mol. The Labute approximate surface area is 127 Å². The predicted molar refractivity (Wildman–Crippen MR) is 80.8 cm³/mol. The van der Waals surface area contributed by atoms with Gasteiger partial charge in [0.15, 0.2) is 0 Å². The van der Waals surface area contributed by atoms with E-state index in [-0.39, 0.29) is 0 Å². The van der Waals surface area contributed by atoms with Gasteiger partial charge in [0.2, 0.25) is 0 Å². The zero-order valence-electron chi connectivity index (χ0n) is 10.4. The molecule has 0 radical (unpaired) electrons. The Hall–Kier alpha value is -0.610. The van der Waals surface area contributed by atoms with Crippen molar-refractivity contribution in [3.05, 3.63) is 50.4 Å². The predicted octanol–water partition coefficient (Wildman–Crippen LogP) is 4.61. The van der Waals surface area contributed by atoms with Crippen molar-refractivity contribution in [1.82, 2.24) is 9.88 Å². The van der Waals surface area contributed by atoms with E-state index >= 15 is 0 Å². The Morgan fingerprint density at radius 3 is 2.68 bits per heavy atom. The van der Waals surface area contributed by atoms with Crippen LogP contribution in [0.4, 0.5) is 0 Å². The second-order valence-electron chi connectivity index (χ2n) is 4.80. The van der Waals surface area contributed by atoms with Gasteiger partial charge in [0.1, 0.15) is 10.3 Å². The summed E-state index contributed by atoms with van der Waals surface area (Å²) < 4.78 is 0. The fourth-order valence-corrected chi connectivity index (χ4v) is 3.27. The van der Waals surface area contributed by atoms with Gasteiger partial charge in [0.05, 0.1) is 0 Å². The summed E-state index contributed by atoms with van der Waals surface area (Å²) >= 11 is 13.8. The van der Waals surface area contributed by atoms with Crippen LogP contribution in [0, 0.1) is 0 Å². The van der Waals surface area contributed by atoms with E-state index in [9.17, 15) is 0 Å². The Morgan fingerprint density at radius 2 is 2.05 bits per heavy atom. The molecule has 0 spiro atoms. The van der Waals surface area contributed by atoms with Gasteiger partial charge in [-0.1, -0.05) is 35.3 Å². The standard InChI is InChI=1S/C14H14Cl2N2S/c15-13-6-3-10(14(16)17-13)8-18(11-4-5-11)9-12-2-1-7-19-12/h1-3,6-7,11H,4-5,8-9H2. The summed E-state index contributed by atoms with van der Waals surface area (Å²) in [5, 5.41) is 3.09. The largest absolute Gasteiger partial charge is 0.291 e. The maximum Gasteiger partial charge on any atom is 0.135 e. The molecule has 5 heteroatoms. The number of pyridine rings is 1. The second-order valence-corrected chi connectivity index (χ2v) is 6.58. The van der Waals surface area contributed by atoms with Gasteiger partial charge in [-0.05, 0) is 30.4 Å². The summed E-state index contributed by atoms with van der Waals surface area (Å²) in [7, 11) is 0. The summed E-state index contributed by atoms with van der Waals surface area (Å²) in [5.41, 5.74) is 1.05. The maximum absolute atomic E-state index is 6.16. The third-order valence-electron chi connectivity index (χ3n) is 3.27. The lowest BCUT2D eigenvalue weighted by Gasteiger charge is -2.21. The van der Waals surface area contributed by atoms with Crippen LogP contribution in [0.1, 0.15) is 23.3 Å². The van der Waals surface area contributed by atoms with E-state index in [4.69, 9.17) is 23.2 Å². The first kappa shape index (κ1) is 13.4. The lowest BCUT2D eigenvalue weighted by Crippen LogP contribution is -2.24. The summed E-state index contributed by atoms with van der Waals surface area (Å²) in [4.78, 5) is 7.98. The van der Waals surface area contributed by atoms with Crippen molar-refractivity contribution in [2.75, 3.05) is 0 Å². The molecule has 2 aromatic rings. The molecule has 1 saturated carbocycles. The van der Waals surface area contributed by atoms with Crippen molar-refractivity contribution < 1.29 is 0 Å². The average molecular weight is 313 g/mol. The number of halogens is 2. The molecular weight excluding hydrogens is 299 g/mol. The molecule has 2 nitrogen and oxygen atoms in total. The van der Waals surface area contributed by atoms with Crippen molar-refractivity contribution >= 4 is 34.5 Å². The van der Waals surface area contributed by atoms with Crippen LogP contribution in [0.3, 0.4) is 0 Å². The molecule has 1 aliphatic carbocycles. The first-order valence-electron chi connectivity index (χ1n) is 6.30. The molecule has 0 saturated heterocycles. The zero-order valence-corrected chi connectivity index (χ0v) is 12.7. The molecule has 0 atom stereocenters. The molecule has 3 rings (SSSR count). The normalized spacial score (nSPS) is 15.1. The molecule has 1 aliphatic rings. The molecule has 0 aromatic carbocycles. The number of hydrogen-bond acceptors (Lipinski definition) is 3. The molecule has 19 heavy (non-hydrogen) atoms. The molecule has 0 bridgehead atoms. The van der Waals surface area contributed by atoms with E-state index in [1.807, 2.05) is 6.07 Å². The lowest BCUT2D eigenvalue weighted by molar-refractivity contribution is 0.248. The van der Waals surface area contributed by atoms with Gasteiger partial charge < -0.3 is 0 Å². The Kier molecular flexibility index (Phi) is 4.08. The molecule has 1 fully saturated rings. The van der Waals surface area contributed by atoms with E-state index in [2.05, 4.69) is 27.4 Å². The molecule has 100 valence electrons. The van der Waals surface area contributed by atoms with Crippen molar-refractivity contribution in [2.24, 2.45) is 0 Å². The van der Waals surface area contributed by atoms with Crippen LogP contribution in [0.25, 0.3) is 0 Å². The maximum atomic E-state index is 6.16. The highest BCUT2D eigenvalue weighted by Gasteiger charge is 2.29. The van der Waals surface area contributed by atoms with Crippen LogP contribution in [-0.2, 0) is 13.1 Å². The molecular formula is C14H14Cl2N2S. The minimum Gasteiger partial charge on any atom is -0.291 e. The fraction of sp³-hybridized carbons (Fsp3) is 0.357. The van der Waals surface area contributed by atoms with Gasteiger partial charge in [-0.25, -0.2) is 4.98 Å². The van der Waals surface area contributed by atoms with E-state index in [0.29, 0.717) is 16.3 Å². The summed E-state index contributed by atoms with van der Waals surface area (Å²) in [6.07, 6.45) is 2.56. The number of rotatable bonds is 5. The Bertz CT molecular complexity index is 553. The quantitative estimate of drug-likeness (QED) is 0.749. The van der Waals surface area contributed by atoms with Crippen LogP contribution in [-0.4, -0.2) is 15.9 Å². The van der Waals surface area contributed by atoms with Crippen molar-refractivity contribution in [3.63, 3.8) is 0 Å². The van der Waals surface area contributed by atoms with Crippen molar-refractivity contribution in [2.45, 2.75) is 32.0 Å². The highest BCUT2D eigenvalue weighted by atomic mass is 35.5. The number of nitrogens with zero attached hydrogens (tertiary/aromatic N) is 2. The van der Waals surface area contributed by atoms with Gasteiger partial charge in [-0.3, -0.25) is 4.90 Å². The Morgan fingerprint density at radius 1 is 1.21 bits per heavy atom. The minimum atomic E-state index is 0.449. The third kappa shape index (κ3) is 3.48. The molecule has 0 aliphatic heterocycles. The van der Waals surface area contributed by atoms with E-state index in [0.717, 1.165) is 18.7 Å². The topological polar surface area (TPSA) is 16.1 Å². The molecule has 2 heterocycles. The van der Waals surface area contributed by atoms with Crippen LogP contribution < -0.4 is 0 Å². The van der Waals surface area contributed by atoms with Gasteiger partial charge in [-0.2, -0.15) is 0 Å². The smallest absolute Gasteiger partial charge is 0.135 e. The van der Waals surface area contributed by atoms with Crippen molar-refractivity contribution in [3.8, 4) is 0 Å². The van der Waals surface area contributed by atoms with Gasteiger partial charge in [-0.15, -0.1) is 11.3 Å². The second kappa shape index (κ2) is 5.80. The summed E-state index contributed by atoms with van der Waals surface area (Å²) in [6.45, 7) is 1.83. The SMILES string of the molecule is Clc1ccc(CN(Cc2cccs2)C2CC2)c(Cl)n1. The van der Waals surface area contributed by atoms with Gasteiger partial charge in [0, 0.05) is 29.6 Å². The van der Waals surface area contributed by atoms with Gasteiger partial charge in [0.25, 0.3) is 0 Å². The first-order valence-corrected chi connectivity index (χ1v) is 7.93. The van der Waals surface area contributed by atoms with Crippen LogP contribution in [0.15, 0.2) is 29.6 Å². The number of thiophene rings is 1. The molecule has 0 N–H and O–H groups in total. The van der Waals surface area contributed by atoms with E-state index < -0.39 is 0 Å². The molecule has 0 amide bonds. The third-order valence-corrected chi connectivity index (χ3v) is 4.67. The lowest BCUT2D eigenvalue weighted by atomic mass is 10.2. The van der Waals surface area contributed by atoms with E-state index in [1.54, 1.807) is 17.4 Å². The molecule has 0 unspecified atom stereocenters. The average Bonchev–Trinajstić information content (AvgIpc) is 3.10. The Balaban J connectivity index is 1.74. The van der Waals surface area contributed by atoms with Crippen LogP contribution >= 0.6 is 34.5 Å². The summed E-state index contributed by atoms with van der Waals surface area (Å²) in [5.74, 6) is 0. The van der Waals surface area contributed by atoms with Gasteiger partial charge >= 0.3 is 0 Å². The minimum absolute atomic E-state index is 0.449. The van der Waals surface area contributed by atoms with Crippen molar-refractivity contribution in [1.29, 1.82) is 0 Å². The highest BCUT2D eigenvalue weighted by molar-refractivity contribution is 7.09. The van der Waals surface area contributed by atoms with Crippen LogP contribution in [0.2, 0.25) is 10.3 Å². The van der Waals surface area contributed by atoms with E-state index in [1.165, 1.54) is 17.7 Å². The summed E-state index contributed by atoms with van der Waals surface area (Å²) in [6, 6.07) is 8.75. The molecule has 2 aromatic heterocycles. The number of hydrogen-bond donors (Lipinski definition) is 0.